The predicted molar refractivity (Wildman–Crippen MR) is 130 cm³/mol. The molecule has 5 nitrogen and oxygen atoms in total. The molecule has 1 saturated heterocycles. The Morgan fingerprint density at radius 2 is 1.70 bits per heavy atom. The molecule has 1 aliphatic heterocycles. The molecule has 2 fully saturated rings. The zero-order valence-electron chi connectivity index (χ0n) is 19.2. The Morgan fingerprint density at radius 3 is 2.48 bits per heavy atom. The number of hydrogen-bond acceptors (Lipinski definition) is 4. The van der Waals surface area contributed by atoms with Gasteiger partial charge in [0.1, 0.15) is 0 Å². The zero-order chi connectivity index (χ0) is 22.5. The van der Waals surface area contributed by atoms with Crippen molar-refractivity contribution in [2.75, 3.05) is 13.1 Å². The van der Waals surface area contributed by atoms with Crippen molar-refractivity contribution in [2.24, 2.45) is 0 Å². The minimum Gasteiger partial charge on any atom is -0.351 e. The van der Waals surface area contributed by atoms with Crippen molar-refractivity contribution < 1.29 is 9.32 Å². The van der Waals surface area contributed by atoms with Gasteiger partial charge in [0.25, 0.3) is 5.91 Å². The Balaban J connectivity index is 1.17. The van der Waals surface area contributed by atoms with Crippen LogP contribution in [0.25, 0.3) is 11.1 Å². The van der Waals surface area contributed by atoms with Crippen LogP contribution in [0.15, 0.2) is 65.2 Å². The number of piperidine rings is 1. The van der Waals surface area contributed by atoms with Gasteiger partial charge in [-0.1, -0.05) is 79.0 Å². The van der Waals surface area contributed by atoms with Gasteiger partial charge in [0, 0.05) is 31.1 Å². The van der Waals surface area contributed by atoms with Gasteiger partial charge in [0.2, 0.25) is 5.76 Å². The Bertz CT molecular complexity index is 1040. The number of likely N-dealkylation sites (tertiary alicyclic amines) is 1. The van der Waals surface area contributed by atoms with Gasteiger partial charge < -0.3 is 9.84 Å². The van der Waals surface area contributed by atoms with Crippen molar-refractivity contribution in [3.05, 3.63) is 77.7 Å². The second-order valence-electron chi connectivity index (χ2n) is 9.56. The second-order valence-corrected chi connectivity index (χ2v) is 9.56. The summed E-state index contributed by atoms with van der Waals surface area (Å²) in [6, 6.07) is 21.5. The van der Waals surface area contributed by atoms with E-state index in [1.807, 2.05) is 12.1 Å². The van der Waals surface area contributed by atoms with Crippen LogP contribution in [0, 0.1) is 0 Å². The Morgan fingerprint density at radius 1 is 0.939 bits per heavy atom. The van der Waals surface area contributed by atoms with Crippen LogP contribution in [0.5, 0.6) is 0 Å². The molecule has 33 heavy (non-hydrogen) atoms. The number of aromatic nitrogens is 1. The average molecular weight is 444 g/mol. The van der Waals surface area contributed by atoms with E-state index in [1.54, 1.807) is 0 Å². The van der Waals surface area contributed by atoms with Gasteiger partial charge in [-0.3, -0.25) is 9.69 Å². The lowest BCUT2D eigenvalue weighted by molar-refractivity contribution is 0.0890. The van der Waals surface area contributed by atoms with E-state index in [1.165, 1.54) is 36.0 Å². The van der Waals surface area contributed by atoms with E-state index in [0.717, 1.165) is 51.0 Å². The molecule has 1 aliphatic carbocycles. The number of benzene rings is 2. The van der Waals surface area contributed by atoms with Crippen LogP contribution in [0.4, 0.5) is 0 Å². The molecule has 0 radical (unpaired) electrons. The molecule has 2 aliphatic rings. The standard InChI is InChI=1S/C28H33N3O2/c32-28(29-25-11-5-2-6-12-25)27-18-26(30-33-27)24-10-7-17-31(20-24)19-21-13-15-23(16-14-21)22-8-3-1-4-9-22/h1,3-4,8-9,13-16,18,24-25H,2,5-7,10-12,17,19-20H2,(H,29,32)/t24-/m0/s1. The van der Waals surface area contributed by atoms with Gasteiger partial charge in [0.15, 0.2) is 0 Å². The highest BCUT2D eigenvalue weighted by Crippen LogP contribution is 2.28. The van der Waals surface area contributed by atoms with Crippen LogP contribution in [0.2, 0.25) is 0 Å². The van der Waals surface area contributed by atoms with Crippen LogP contribution in [-0.2, 0) is 6.54 Å². The van der Waals surface area contributed by atoms with Gasteiger partial charge in [-0.25, -0.2) is 0 Å². The molecule has 1 amide bonds. The van der Waals surface area contributed by atoms with Crippen molar-refractivity contribution in [3.63, 3.8) is 0 Å². The molecule has 1 saturated carbocycles. The summed E-state index contributed by atoms with van der Waals surface area (Å²) < 4.78 is 5.45. The predicted octanol–water partition coefficient (Wildman–Crippen LogP) is 5.78. The number of carbonyl (C=O) groups is 1. The van der Waals surface area contributed by atoms with Crippen molar-refractivity contribution in [2.45, 2.75) is 63.5 Å². The van der Waals surface area contributed by atoms with Gasteiger partial charge in [-0.15, -0.1) is 0 Å². The minimum atomic E-state index is -0.119. The van der Waals surface area contributed by atoms with E-state index in [4.69, 9.17) is 4.52 Å². The van der Waals surface area contributed by atoms with Crippen molar-refractivity contribution in [1.82, 2.24) is 15.4 Å². The fourth-order valence-electron chi connectivity index (χ4n) is 5.22. The maximum atomic E-state index is 12.6. The molecule has 0 bridgehead atoms. The largest absolute Gasteiger partial charge is 0.351 e. The summed E-state index contributed by atoms with van der Waals surface area (Å²) in [6.07, 6.45) is 8.00. The first-order valence-electron chi connectivity index (χ1n) is 12.4. The normalized spacial score (nSPS) is 19.9. The quantitative estimate of drug-likeness (QED) is 0.524. The van der Waals surface area contributed by atoms with Crippen LogP contribution >= 0.6 is 0 Å². The Kier molecular flexibility index (Phi) is 6.87. The number of nitrogens with zero attached hydrogens (tertiary/aromatic N) is 2. The van der Waals surface area contributed by atoms with Crippen molar-refractivity contribution >= 4 is 5.91 Å². The number of rotatable bonds is 6. The molecular weight excluding hydrogens is 410 g/mol. The van der Waals surface area contributed by atoms with Gasteiger partial charge in [-0.05, 0) is 48.9 Å². The molecular formula is C28H33N3O2. The van der Waals surface area contributed by atoms with Crippen LogP contribution in [-0.4, -0.2) is 35.1 Å². The summed E-state index contributed by atoms with van der Waals surface area (Å²) >= 11 is 0. The molecule has 1 N–H and O–H groups in total. The zero-order valence-corrected chi connectivity index (χ0v) is 19.2. The highest BCUT2D eigenvalue weighted by Gasteiger charge is 2.26. The van der Waals surface area contributed by atoms with E-state index in [2.05, 4.69) is 63.9 Å². The van der Waals surface area contributed by atoms with Crippen LogP contribution in [0.3, 0.4) is 0 Å². The number of amides is 1. The Hall–Kier alpha value is -2.92. The van der Waals surface area contributed by atoms with E-state index >= 15 is 0 Å². The topological polar surface area (TPSA) is 58.4 Å². The van der Waals surface area contributed by atoms with Gasteiger partial charge >= 0.3 is 0 Å². The third-order valence-electron chi connectivity index (χ3n) is 7.08. The minimum absolute atomic E-state index is 0.119. The van der Waals surface area contributed by atoms with E-state index < -0.39 is 0 Å². The first kappa shape index (κ1) is 21.9. The molecule has 2 aromatic carbocycles. The molecule has 0 spiro atoms. The molecule has 2 heterocycles. The molecule has 3 aromatic rings. The average Bonchev–Trinajstić information content (AvgIpc) is 3.37. The SMILES string of the molecule is O=C(NC1CCCCC1)c1cc([C@H]2CCCN(Cc3ccc(-c4ccccc4)cc3)C2)no1. The third-order valence-corrected chi connectivity index (χ3v) is 7.08. The fraction of sp³-hybridized carbons (Fsp3) is 0.429. The lowest BCUT2D eigenvalue weighted by Gasteiger charge is -2.31. The Labute approximate surface area is 196 Å². The second kappa shape index (κ2) is 10.3. The molecule has 5 rings (SSSR count). The highest BCUT2D eigenvalue weighted by molar-refractivity contribution is 5.91. The molecule has 1 atom stereocenters. The molecule has 172 valence electrons. The lowest BCUT2D eigenvalue weighted by Crippen LogP contribution is -2.36. The summed E-state index contributed by atoms with van der Waals surface area (Å²) in [6.45, 7) is 2.96. The van der Waals surface area contributed by atoms with Gasteiger partial charge in [0.05, 0.1) is 5.69 Å². The number of hydrogen-bond donors (Lipinski definition) is 1. The monoisotopic (exact) mass is 443 g/mol. The lowest BCUT2D eigenvalue weighted by atomic mass is 9.94. The summed E-state index contributed by atoms with van der Waals surface area (Å²) in [5.74, 6) is 0.540. The van der Waals surface area contributed by atoms with Gasteiger partial charge in [-0.2, -0.15) is 0 Å². The summed E-state index contributed by atoms with van der Waals surface area (Å²) in [5, 5.41) is 7.40. The number of carbonyl (C=O) groups excluding carboxylic acids is 1. The number of nitrogens with one attached hydrogen (secondary N) is 1. The van der Waals surface area contributed by atoms with Crippen molar-refractivity contribution in [1.29, 1.82) is 0 Å². The van der Waals surface area contributed by atoms with E-state index in [9.17, 15) is 4.79 Å². The first-order chi connectivity index (χ1) is 16.2. The van der Waals surface area contributed by atoms with Crippen LogP contribution < -0.4 is 5.32 Å². The maximum absolute atomic E-state index is 12.6. The first-order valence-corrected chi connectivity index (χ1v) is 12.4. The fourth-order valence-corrected chi connectivity index (χ4v) is 5.22. The summed E-state index contributed by atoms with van der Waals surface area (Å²) in [5.41, 5.74) is 4.73. The molecule has 1 aromatic heterocycles. The maximum Gasteiger partial charge on any atom is 0.290 e. The van der Waals surface area contributed by atoms with E-state index in [-0.39, 0.29) is 11.9 Å². The van der Waals surface area contributed by atoms with E-state index in [0.29, 0.717) is 11.7 Å². The highest BCUT2D eigenvalue weighted by atomic mass is 16.5. The molecule has 0 unspecified atom stereocenters. The summed E-state index contributed by atoms with van der Waals surface area (Å²) in [4.78, 5) is 15.1. The molecule has 5 heteroatoms. The van der Waals surface area contributed by atoms with Crippen LogP contribution in [0.1, 0.15) is 72.7 Å². The smallest absolute Gasteiger partial charge is 0.290 e. The summed E-state index contributed by atoms with van der Waals surface area (Å²) in [7, 11) is 0. The third kappa shape index (κ3) is 5.53. The van der Waals surface area contributed by atoms with Crippen molar-refractivity contribution in [3.8, 4) is 11.1 Å².